The minimum absolute atomic E-state index is 0.606. The van der Waals surface area contributed by atoms with Gasteiger partial charge in [0.05, 0.1) is 13.2 Å². The largest absolute Gasteiger partial charge is 0.382 e. The van der Waals surface area contributed by atoms with Gasteiger partial charge in [-0.25, -0.2) is 0 Å². The molecular weight excluding hydrogens is 226 g/mol. The van der Waals surface area contributed by atoms with Crippen LogP contribution < -0.4 is 5.32 Å². The Morgan fingerprint density at radius 3 is 2.39 bits per heavy atom. The van der Waals surface area contributed by atoms with Gasteiger partial charge in [-0.2, -0.15) is 0 Å². The average molecular weight is 259 g/mol. The molecule has 0 rings (SSSR count). The number of rotatable bonds is 13. The molecule has 0 aromatic carbocycles. The Hall–Kier alpha value is -0.120. The number of hydrogen-bond donors (Lipinski definition) is 1. The Morgan fingerprint density at radius 1 is 1.00 bits per heavy atom. The molecule has 0 aromatic heterocycles. The minimum atomic E-state index is 0.606. The summed E-state index contributed by atoms with van der Waals surface area (Å²) in [7, 11) is 1.71. The number of ether oxygens (including phenoxy) is 2. The molecule has 3 heteroatoms. The summed E-state index contributed by atoms with van der Waals surface area (Å²) >= 11 is 0. The SMILES string of the molecule is CCCNC(CCOCCOC)CC(C)CCC. The molecule has 2 unspecified atom stereocenters. The van der Waals surface area contributed by atoms with Crippen LogP contribution in [-0.2, 0) is 9.47 Å². The number of hydrogen-bond acceptors (Lipinski definition) is 3. The lowest BCUT2D eigenvalue weighted by Gasteiger charge is -2.22. The summed E-state index contributed by atoms with van der Waals surface area (Å²) in [6.45, 7) is 10.2. The van der Waals surface area contributed by atoms with Crippen LogP contribution >= 0.6 is 0 Å². The van der Waals surface area contributed by atoms with E-state index in [-0.39, 0.29) is 0 Å². The quantitative estimate of drug-likeness (QED) is 0.515. The molecule has 0 saturated heterocycles. The van der Waals surface area contributed by atoms with Crippen molar-refractivity contribution < 1.29 is 9.47 Å². The zero-order chi connectivity index (χ0) is 13.6. The molecule has 0 aliphatic carbocycles. The molecule has 0 heterocycles. The highest BCUT2D eigenvalue weighted by Gasteiger charge is 2.12. The fourth-order valence-corrected chi connectivity index (χ4v) is 2.22. The maximum atomic E-state index is 5.56. The van der Waals surface area contributed by atoms with Crippen molar-refractivity contribution in [3.63, 3.8) is 0 Å². The van der Waals surface area contributed by atoms with Crippen molar-refractivity contribution in [3.05, 3.63) is 0 Å². The Labute approximate surface area is 114 Å². The van der Waals surface area contributed by atoms with Gasteiger partial charge in [0, 0.05) is 19.8 Å². The summed E-state index contributed by atoms with van der Waals surface area (Å²) in [4.78, 5) is 0. The molecule has 2 atom stereocenters. The van der Waals surface area contributed by atoms with Crippen molar-refractivity contribution in [2.24, 2.45) is 5.92 Å². The van der Waals surface area contributed by atoms with Gasteiger partial charge in [0.1, 0.15) is 0 Å². The molecule has 0 amide bonds. The lowest BCUT2D eigenvalue weighted by Crippen LogP contribution is -2.32. The van der Waals surface area contributed by atoms with E-state index in [9.17, 15) is 0 Å². The first-order chi connectivity index (χ1) is 8.74. The second-order valence-corrected chi connectivity index (χ2v) is 5.17. The van der Waals surface area contributed by atoms with Gasteiger partial charge in [0.2, 0.25) is 0 Å². The van der Waals surface area contributed by atoms with Crippen molar-refractivity contribution in [2.45, 2.75) is 58.9 Å². The third-order valence-corrected chi connectivity index (χ3v) is 3.19. The summed E-state index contributed by atoms with van der Waals surface area (Å²) in [5.74, 6) is 0.809. The zero-order valence-corrected chi connectivity index (χ0v) is 12.8. The van der Waals surface area contributed by atoms with E-state index in [4.69, 9.17) is 9.47 Å². The lowest BCUT2D eigenvalue weighted by atomic mass is 9.95. The van der Waals surface area contributed by atoms with Crippen LogP contribution in [0.25, 0.3) is 0 Å². The summed E-state index contributed by atoms with van der Waals surface area (Å²) in [5.41, 5.74) is 0. The molecule has 0 aromatic rings. The third-order valence-electron chi connectivity index (χ3n) is 3.19. The van der Waals surface area contributed by atoms with Crippen molar-refractivity contribution in [3.8, 4) is 0 Å². The molecule has 110 valence electrons. The molecule has 0 saturated carbocycles. The minimum Gasteiger partial charge on any atom is -0.382 e. The van der Waals surface area contributed by atoms with Gasteiger partial charge in [0.25, 0.3) is 0 Å². The standard InChI is InChI=1S/C15H33NO2/c1-5-7-14(3)13-15(16-9-6-2)8-10-18-12-11-17-4/h14-16H,5-13H2,1-4H3. The van der Waals surface area contributed by atoms with E-state index in [0.717, 1.165) is 25.5 Å². The highest BCUT2D eigenvalue weighted by molar-refractivity contribution is 4.70. The van der Waals surface area contributed by atoms with Gasteiger partial charge in [-0.1, -0.05) is 33.6 Å². The van der Waals surface area contributed by atoms with Crippen molar-refractivity contribution >= 4 is 0 Å². The zero-order valence-electron chi connectivity index (χ0n) is 12.8. The first-order valence-electron chi connectivity index (χ1n) is 7.54. The highest BCUT2D eigenvalue weighted by Crippen LogP contribution is 2.14. The van der Waals surface area contributed by atoms with Crippen LogP contribution in [0.5, 0.6) is 0 Å². The monoisotopic (exact) mass is 259 g/mol. The van der Waals surface area contributed by atoms with Gasteiger partial charge in [0.15, 0.2) is 0 Å². The van der Waals surface area contributed by atoms with Crippen LogP contribution in [-0.4, -0.2) is 39.5 Å². The summed E-state index contributed by atoms with van der Waals surface area (Å²) < 4.78 is 10.5. The molecule has 1 N–H and O–H groups in total. The van der Waals surface area contributed by atoms with E-state index < -0.39 is 0 Å². The molecular formula is C15H33NO2. The van der Waals surface area contributed by atoms with Crippen LogP contribution in [0.2, 0.25) is 0 Å². The predicted octanol–water partition coefficient (Wildman–Crippen LogP) is 3.23. The van der Waals surface area contributed by atoms with Crippen molar-refractivity contribution in [1.82, 2.24) is 5.32 Å². The maximum Gasteiger partial charge on any atom is 0.0700 e. The second kappa shape index (κ2) is 13.3. The molecule has 0 aliphatic heterocycles. The van der Waals surface area contributed by atoms with E-state index in [2.05, 4.69) is 26.1 Å². The molecule has 0 radical (unpaired) electrons. The Balaban J connectivity index is 3.75. The third kappa shape index (κ3) is 11.0. The normalized spacial score (nSPS) is 14.7. The first kappa shape index (κ1) is 17.9. The molecule has 0 fully saturated rings. The lowest BCUT2D eigenvalue weighted by molar-refractivity contribution is 0.0647. The van der Waals surface area contributed by atoms with Gasteiger partial charge in [-0.05, 0) is 31.7 Å². The van der Waals surface area contributed by atoms with Crippen molar-refractivity contribution in [2.75, 3.05) is 33.5 Å². The van der Waals surface area contributed by atoms with E-state index >= 15 is 0 Å². The van der Waals surface area contributed by atoms with E-state index in [1.165, 1.54) is 25.7 Å². The highest BCUT2D eigenvalue weighted by atomic mass is 16.5. The van der Waals surface area contributed by atoms with Crippen LogP contribution in [0, 0.1) is 5.92 Å². The summed E-state index contributed by atoms with van der Waals surface area (Å²) in [5, 5.41) is 3.64. The van der Waals surface area contributed by atoms with Gasteiger partial charge >= 0.3 is 0 Å². The van der Waals surface area contributed by atoms with Crippen LogP contribution in [0.15, 0.2) is 0 Å². The van der Waals surface area contributed by atoms with Gasteiger partial charge in [-0.15, -0.1) is 0 Å². The average Bonchev–Trinajstić information content (AvgIpc) is 2.35. The van der Waals surface area contributed by atoms with Crippen LogP contribution in [0.4, 0.5) is 0 Å². The number of methoxy groups -OCH3 is 1. The van der Waals surface area contributed by atoms with Crippen LogP contribution in [0.3, 0.4) is 0 Å². The van der Waals surface area contributed by atoms with Gasteiger partial charge < -0.3 is 14.8 Å². The Kier molecular flexibility index (Phi) is 13.2. The molecule has 0 spiro atoms. The molecule has 0 bridgehead atoms. The Morgan fingerprint density at radius 2 is 1.78 bits per heavy atom. The predicted molar refractivity (Wildman–Crippen MR) is 78.1 cm³/mol. The van der Waals surface area contributed by atoms with Crippen molar-refractivity contribution in [1.29, 1.82) is 0 Å². The molecule has 0 aliphatic rings. The van der Waals surface area contributed by atoms with E-state index in [0.29, 0.717) is 19.3 Å². The van der Waals surface area contributed by atoms with E-state index in [1.54, 1.807) is 7.11 Å². The smallest absolute Gasteiger partial charge is 0.0700 e. The van der Waals surface area contributed by atoms with Crippen LogP contribution in [0.1, 0.15) is 52.9 Å². The fourth-order valence-electron chi connectivity index (χ4n) is 2.22. The molecule has 18 heavy (non-hydrogen) atoms. The fraction of sp³-hybridized carbons (Fsp3) is 1.00. The topological polar surface area (TPSA) is 30.5 Å². The maximum absolute atomic E-state index is 5.56. The second-order valence-electron chi connectivity index (χ2n) is 5.17. The van der Waals surface area contributed by atoms with E-state index in [1.807, 2.05) is 0 Å². The first-order valence-corrected chi connectivity index (χ1v) is 7.54. The Bertz CT molecular complexity index is 165. The van der Waals surface area contributed by atoms with Gasteiger partial charge in [-0.3, -0.25) is 0 Å². The summed E-state index contributed by atoms with van der Waals surface area (Å²) in [6, 6.07) is 0.606. The number of nitrogens with one attached hydrogen (secondary N) is 1. The molecule has 3 nitrogen and oxygen atoms in total. The summed E-state index contributed by atoms with van der Waals surface area (Å²) in [6.07, 6.45) is 6.18.